The number of benzene rings is 1. The normalized spacial score (nSPS) is 28.7. The molecule has 0 radical (unpaired) electrons. The van der Waals surface area contributed by atoms with Gasteiger partial charge in [-0.05, 0) is 78.7 Å². The van der Waals surface area contributed by atoms with E-state index in [9.17, 15) is 34.8 Å². The Morgan fingerprint density at radius 3 is 2.42 bits per heavy atom. The molecule has 1 aromatic rings. The van der Waals surface area contributed by atoms with Crippen molar-refractivity contribution in [2.24, 2.45) is 17.6 Å². The van der Waals surface area contributed by atoms with Crippen molar-refractivity contribution in [1.82, 2.24) is 9.80 Å². The largest absolute Gasteiger partial charge is 0.508 e. The van der Waals surface area contributed by atoms with Crippen molar-refractivity contribution in [2.75, 3.05) is 27.2 Å². The van der Waals surface area contributed by atoms with E-state index in [4.69, 9.17) is 10.5 Å². The van der Waals surface area contributed by atoms with Crippen LogP contribution in [-0.2, 0) is 27.3 Å². The minimum Gasteiger partial charge on any atom is -0.508 e. The summed E-state index contributed by atoms with van der Waals surface area (Å²) < 4.78 is 6.26. The number of ketones is 2. The molecule has 1 heterocycles. The average Bonchev–Trinajstić information content (AvgIpc) is 3.36. The summed E-state index contributed by atoms with van der Waals surface area (Å²) in [5, 5.41) is 45.3. The van der Waals surface area contributed by atoms with Gasteiger partial charge in [0.1, 0.15) is 28.6 Å². The number of likely N-dealkylation sites (N-methyl/N-ethyl adjacent to an activating group) is 1. The summed E-state index contributed by atoms with van der Waals surface area (Å²) in [6.45, 7) is 6.17. The van der Waals surface area contributed by atoms with E-state index in [1.165, 1.54) is 4.90 Å². The van der Waals surface area contributed by atoms with Crippen molar-refractivity contribution in [1.29, 1.82) is 0 Å². The summed E-state index contributed by atoms with van der Waals surface area (Å²) in [4.78, 5) is 43.2. The SMILES string of the molecule is CC(C)Oc1c(CN2CCCC2)cc(O)c2c1C[C@H]1C[C@H]3[C@H](N(C)C)C(=O)C(C(N)=O)=C(O)[C@@]3(O)C(=O)C1=C2O. The van der Waals surface area contributed by atoms with Crippen molar-refractivity contribution in [3.8, 4) is 11.5 Å². The highest BCUT2D eigenvalue weighted by Crippen LogP contribution is 2.54. The summed E-state index contributed by atoms with van der Waals surface area (Å²) in [6.07, 6.45) is 2.19. The highest BCUT2D eigenvalue weighted by molar-refractivity contribution is 6.24. The van der Waals surface area contributed by atoms with Crippen LogP contribution in [-0.4, -0.2) is 92.6 Å². The molecule has 5 rings (SSSR count). The standard InChI is InChI=1S/C29H37N3O8/c1-13(2)40-25-15(12-32-7-5-6-8-32)11-18(33)20-16(25)9-14-10-17-22(31(3)4)24(35)21(28(30)38)27(37)29(17,39)26(36)19(14)23(20)34/h11,13-14,17,22,33-34,37,39H,5-10,12H2,1-4H3,(H2,30,38)/t14-,17-,22-,29-/m0/s1. The van der Waals surface area contributed by atoms with Crippen LogP contribution < -0.4 is 10.5 Å². The third-order valence-corrected chi connectivity index (χ3v) is 8.69. The van der Waals surface area contributed by atoms with Crippen molar-refractivity contribution >= 4 is 23.2 Å². The zero-order valence-corrected chi connectivity index (χ0v) is 23.2. The molecule has 216 valence electrons. The number of hydrogen-bond acceptors (Lipinski definition) is 10. The topological polar surface area (TPSA) is 174 Å². The molecule has 0 bridgehead atoms. The Bertz CT molecular complexity index is 1360. The van der Waals surface area contributed by atoms with Gasteiger partial charge in [0.05, 0.1) is 17.7 Å². The van der Waals surface area contributed by atoms with Crippen molar-refractivity contribution < 1.29 is 39.5 Å². The molecular weight excluding hydrogens is 518 g/mol. The Morgan fingerprint density at radius 2 is 1.85 bits per heavy atom. The monoisotopic (exact) mass is 555 g/mol. The second kappa shape index (κ2) is 9.90. The Labute approximate surface area is 232 Å². The average molecular weight is 556 g/mol. The number of phenolic OH excluding ortho intramolecular Hbond substituents is 1. The van der Waals surface area contributed by atoms with Crippen LogP contribution in [0.3, 0.4) is 0 Å². The van der Waals surface area contributed by atoms with E-state index in [1.54, 1.807) is 20.2 Å². The maximum atomic E-state index is 14.0. The number of carbonyl (C=O) groups excluding carboxylic acids is 3. The molecule has 1 amide bonds. The van der Waals surface area contributed by atoms with Crippen LogP contribution in [0.4, 0.5) is 0 Å². The molecule has 0 unspecified atom stereocenters. The second-order valence-electron chi connectivity index (χ2n) is 11.8. The number of rotatable bonds is 6. The van der Waals surface area contributed by atoms with E-state index >= 15 is 0 Å². The lowest BCUT2D eigenvalue weighted by molar-refractivity contribution is -0.153. The number of carbonyl (C=O) groups is 3. The van der Waals surface area contributed by atoms with E-state index in [1.807, 2.05) is 13.8 Å². The second-order valence-corrected chi connectivity index (χ2v) is 11.8. The Morgan fingerprint density at radius 1 is 1.20 bits per heavy atom. The quantitative estimate of drug-likeness (QED) is 0.322. The van der Waals surface area contributed by atoms with Crippen LogP contribution in [0.2, 0.25) is 0 Å². The third kappa shape index (κ3) is 4.10. The smallest absolute Gasteiger partial charge is 0.255 e. The zero-order valence-electron chi connectivity index (χ0n) is 23.2. The van der Waals surface area contributed by atoms with E-state index in [0.29, 0.717) is 17.9 Å². The van der Waals surface area contributed by atoms with Gasteiger partial charge in [-0.2, -0.15) is 0 Å². The zero-order chi connectivity index (χ0) is 29.3. The number of amides is 1. The first-order chi connectivity index (χ1) is 18.8. The van der Waals surface area contributed by atoms with Gasteiger partial charge in [-0.1, -0.05) is 0 Å². The number of Topliss-reactive ketones (excluding diaryl/α,β-unsaturated/α-hetero) is 2. The molecule has 1 saturated heterocycles. The van der Waals surface area contributed by atoms with Crippen LogP contribution in [0.25, 0.3) is 5.76 Å². The van der Waals surface area contributed by atoms with Gasteiger partial charge < -0.3 is 30.9 Å². The van der Waals surface area contributed by atoms with E-state index in [2.05, 4.69) is 4.90 Å². The van der Waals surface area contributed by atoms with Crippen molar-refractivity contribution in [3.05, 3.63) is 39.7 Å². The fourth-order valence-electron chi connectivity index (χ4n) is 7.04. The molecule has 11 heteroatoms. The Kier molecular flexibility index (Phi) is 6.96. The fraction of sp³-hybridized carbons (Fsp3) is 0.552. The maximum Gasteiger partial charge on any atom is 0.255 e. The highest BCUT2D eigenvalue weighted by Gasteiger charge is 2.64. The summed E-state index contributed by atoms with van der Waals surface area (Å²) in [6, 6.07) is 0.416. The number of primary amides is 1. The number of aliphatic hydroxyl groups is 3. The van der Waals surface area contributed by atoms with Crippen LogP contribution in [0.15, 0.2) is 23.0 Å². The molecule has 1 aliphatic heterocycles. The molecule has 0 spiro atoms. The first kappa shape index (κ1) is 28.1. The Hall–Kier alpha value is -3.41. The number of hydrogen-bond donors (Lipinski definition) is 5. The van der Waals surface area contributed by atoms with Crippen LogP contribution in [0.1, 0.15) is 49.8 Å². The third-order valence-electron chi connectivity index (χ3n) is 8.69. The number of ether oxygens (including phenoxy) is 1. The van der Waals surface area contributed by atoms with Crippen molar-refractivity contribution in [2.45, 2.75) is 63.8 Å². The summed E-state index contributed by atoms with van der Waals surface area (Å²) in [5.41, 5.74) is 3.07. The van der Waals surface area contributed by atoms with E-state index in [0.717, 1.165) is 31.5 Å². The van der Waals surface area contributed by atoms with E-state index in [-0.39, 0.29) is 35.8 Å². The lowest BCUT2D eigenvalue weighted by atomic mass is 9.57. The first-order valence-corrected chi connectivity index (χ1v) is 13.7. The lowest BCUT2D eigenvalue weighted by Crippen LogP contribution is -2.65. The number of aromatic hydroxyl groups is 1. The fourth-order valence-corrected chi connectivity index (χ4v) is 7.04. The summed E-state index contributed by atoms with van der Waals surface area (Å²) in [7, 11) is 3.15. The number of nitrogens with two attached hydrogens (primary N) is 1. The molecule has 40 heavy (non-hydrogen) atoms. The van der Waals surface area contributed by atoms with Gasteiger partial charge in [-0.25, -0.2) is 0 Å². The van der Waals surface area contributed by atoms with Gasteiger partial charge in [-0.15, -0.1) is 0 Å². The van der Waals surface area contributed by atoms with Gasteiger partial charge in [0.25, 0.3) is 5.91 Å². The lowest BCUT2D eigenvalue weighted by Gasteiger charge is -2.50. The predicted molar refractivity (Wildman–Crippen MR) is 145 cm³/mol. The van der Waals surface area contributed by atoms with Crippen LogP contribution >= 0.6 is 0 Å². The molecule has 1 saturated carbocycles. The van der Waals surface area contributed by atoms with Crippen molar-refractivity contribution in [3.63, 3.8) is 0 Å². The molecule has 2 fully saturated rings. The molecular formula is C29H37N3O8. The molecule has 1 aromatic carbocycles. The van der Waals surface area contributed by atoms with Gasteiger partial charge in [0, 0.05) is 29.2 Å². The number of aliphatic hydroxyl groups excluding tert-OH is 2. The molecule has 6 N–H and O–H groups in total. The molecule has 11 nitrogen and oxygen atoms in total. The summed E-state index contributed by atoms with van der Waals surface area (Å²) in [5.74, 6) is -6.15. The Balaban J connectivity index is 1.69. The van der Waals surface area contributed by atoms with Gasteiger partial charge >= 0.3 is 0 Å². The van der Waals surface area contributed by atoms with Gasteiger partial charge in [0.15, 0.2) is 11.4 Å². The number of phenols is 1. The molecule has 4 aliphatic rings. The molecule has 3 aliphatic carbocycles. The molecule has 0 aromatic heterocycles. The highest BCUT2D eigenvalue weighted by atomic mass is 16.5. The summed E-state index contributed by atoms with van der Waals surface area (Å²) >= 11 is 0. The van der Waals surface area contributed by atoms with E-state index < -0.39 is 58.0 Å². The number of likely N-dealkylation sites (tertiary alicyclic amines) is 1. The van der Waals surface area contributed by atoms with Gasteiger partial charge in [-0.3, -0.25) is 24.2 Å². The predicted octanol–water partition coefficient (Wildman–Crippen LogP) is 1.35. The van der Waals surface area contributed by atoms with Crippen LogP contribution in [0.5, 0.6) is 11.5 Å². The minimum atomic E-state index is -2.66. The minimum absolute atomic E-state index is 0.0317. The maximum absolute atomic E-state index is 14.0. The van der Waals surface area contributed by atoms with Crippen LogP contribution in [0, 0.1) is 11.8 Å². The number of fused-ring (bicyclic) bond motifs is 3. The van der Waals surface area contributed by atoms with Gasteiger partial charge in [0.2, 0.25) is 5.78 Å². The molecule has 4 atom stereocenters. The first-order valence-electron chi connectivity index (χ1n) is 13.7. The number of nitrogens with zero attached hydrogens (tertiary/aromatic N) is 2.